The first-order valence-corrected chi connectivity index (χ1v) is 5.96. The van der Waals surface area contributed by atoms with E-state index in [2.05, 4.69) is 5.10 Å². The topological polar surface area (TPSA) is 34.9 Å². The molecule has 0 bridgehead atoms. The molecule has 0 aliphatic carbocycles. The van der Waals surface area contributed by atoms with Crippen molar-refractivity contribution in [2.45, 2.75) is 26.9 Å². The van der Waals surface area contributed by atoms with Crippen LogP contribution >= 0.6 is 0 Å². The lowest BCUT2D eigenvalue weighted by molar-refractivity contribution is -0.143. The lowest BCUT2D eigenvalue weighted by atomic mass is 10.1. The van der Waals surface area contributed by atoms with Gasteiger partial charge in [-0.2, -0.15) is 18.3 Å². The van der Waals surface area contributed by atoms with E-state index in [1.165, 1.54) is 0 Å². The smallest absolute Gasteiger partial charge is 0.294 e. The lowest BCUT2D eigenvalue weighted by Gasteiger charge is -2.14. The molecule has 2 aromatic rings. The zero-order chi connectivity index (χ0) is 15.1. The third-order valence-electron chi connectivity index (χ3n) is 3.22. The molecule has 6 heteroatoms. The van der Waals surface area contributed by atoms with Gasteiger partial charge in [0.2, 0.25) is 0 Å². The van der Waals surface area contributed by atoms with Crippen LogP contribution in [0.15, 0.2) is 24.4 Å². The van der Waals surface area contributed by atoms with Gasteiger partial charge < -0.3 is 0 Å². The van der Waals surface area contributed by atoms with Crippen LogP contribution in [0.5, 0.6) is 0 Å². The Labute approximate surface area is 114 Å². The van der Waals surface area contributed by atoms with Crippen molar-refractivity contribution >= 4 is 5.78 Å². The molecule has 0 N–H and O–H groups in total. The van der Waals surface area contributed by atoms with Crippen molar-refractivity contribution in [1.29, 1.82) is 0 Å². The molecule has 106 valence electrons. The van der Waals surface area contributed by atoms with Crippen LogP contribution in [0, 0.1) is 13.8 Å². The van der Waals surface area contributed by atoms with Crippen molar-refractivity contribution in [3.8, 4) is 5.69 Å². The summed E-state index contributed by atoms with van der Waals surface area (Å²) in [5.41, 5.74) is 0.425. The minimum absolute atomic E-state index is 0.324. The van der Waals surface area contributed by atoms with Crippen LogP contribution in [0.3, 0.4) is 0 Å². The summed E-state index contributed by atoms with van der Waals surface area (Å²) in [5.74, 6) is -0.658. The maximum absolute atomic E-state index is 13.2. The van der Waals surface area contributed by atoms with Gasteiger partial charge in [-0.15, -0.1) is 0 Å². The van der Waals surface area contributed by atoms with Gasteiger partial charge >= 0.3 is 6.18 Å². The average molecular weight is 282 g/mol. The fraction of sp³-hybridized carbons (Fsp3) is 0.286. The molecule has 0 saturated heterocycles. The standard InChI is InChI=1S/C14H13F3N2O/c1-8-5-4-6-12(9(8)2)19-13(14(15,16)17)11(7-18-19)10(3)20/h4-7H,1-3H3. The van der Waals surface area contributed by atoms with E-state index >= 15 is 0 Å². The molecule has 0 spiro atoms. The molecule has 3 nitrogen and oxygen atoms in total. The van der Waals surface area contributed by atoms with Gasteiger partial charge in [0.15, 0.2) is 11.5 Å². The summed E-state index contributed by atoms with van der Waals surface area (Å²) in [7, 11) is 0. The van der Waals surface area contributed by atoms with Crippen molar-refractivity contribution in [3.63, 3.8) is 0 Å². The Kier molecular flexibility index (Phi) is 3.41. The van der Waals surface area contributed by atoms with Crippen LogP contribution in [-0.4, -0.2) is 15.6 Å². The maximum atomic E-state index is 13.2. The average Bonchev–Trinajstić information content (AvgIpc) is 2.77. The number of Topliss-reactive ketones (excluding diaryl/α,β-unsaturated/α-hetero) is 1. The van der Waals surface area contributed by atoms with E-state index in [9.17, 15) is 18.0 Å². The Hall–Kier alpha value is -2.11. The Morgan fingerprint density at radius 1 is 1.25 bits per heavy atom. The summed E-state index contributed by atoms with van der Waals surface area (Å²) in [6, 6.07) is 5.02. The molecule has 1 aromatic carbocycles. The molecule has 2 rings (SSSR count). The molecule has 0 unspecified atom stereocenters. The molecule has 1 aromatic heterocycles. The quantitative estimate of drug-likeness (QED) is 0.787. The van der Waals surface area contributed by atoms with E-state index in [4.69, 9.17) is 0 Å². The second-order valence-electron chi connectivity index (χ2n) is 4.59. The van der Waals surface area contributed by atoms with Crippen LogP contribution in [0.4, 0.5) is 13.2 Å². The molecule has 0 aliphatic rings. The monoisotopic (exact) mass is 282 g/mol. The molecule has 0 saturated carbocycles. The Balaban J connectivity index is 2.76. The van der Waals surface area contributed by atoms with Crippen molar-refractivity contribution in [2.24, 2.45) is 0 Å². The zero-order valence-corrected chi connectivity index (χ0v) is 11.2. The predicted octanol–water partition coefficient (Wildman–Crippen LogP) is 3.71. The molecule has 0 amide bonds. The summed E-state index contributed by atoms with van der Waals surface area (Å²) in [4.78, 5) is 11.4. The van der Waals surface area contributed by atoms with E-state index in [1.807, 2.05) is 13.0 Å². The van der Waals surface area contributed by atoms with Gasteiger partial charge in [-0.1, -0.05) is 12.1 Å². The molecule has 0 radical (unpaired) electrons. The van der Waals surface area contributed by atoms with Gasteiger partial charge in [0.1, 0.15) is 0 Å². The number of rotatable bonds is 2. The van der Waals surface area contributed by atoms with Crippen molar-refractivity contribution < 1.29 is 18.0 Å². The zero-order valence-electron chi connectivity index (χ0n) is 11.2. The SMILES string of the molecule is CC(=O)c1cnn(-c2cccc(C)c2C)c1C(F)(F)F. The minimum Gasteiger partial charge on any atom is -0.294 e. The molecular weight excluding hydrogens is 269 g/mol. The van der Waals surface area contributed by atoms with Crippen molar-refractivity contribution in [1.82, 2.24) is 9.78 Å². The largest absolute Gasteiger partial charge is 0.434 e. The Bertz CT molecular complexity index is 672. The molecular formula is C14H13F3N2O. The van der Waals surface area contributed by atoms with Crippen LogP contribution in [0.2, 0.25) is 0 Å². The summed E-state index contributed by atoms with van der Waals surface area (Å²) in [5, 5.41) is 3.75. The summed E-state index contributed by atoms with van der Waals surface area (Å²) in [6.07, 6.45) is -3.68. The van der Waals surface area contributed by atoms with E-state index in [1.54, 1.807) is 19.1 Å². The van der Waals surface area contributed by atoms with Crippen LogP contribution in [-0.2, 0) is 6.18 Å². The second-order valence-corrected chi connectivity index (χ2v) is 4.59. The number of carbonyl (C=O) groups excluding carboxylic acids is 1. The number of aryl methyl sites for hydroxylation is 1. The van der Waals surface area contributed by atoms with Crippen molar-refractivity contribution in [2.75, 3.05) is 0 Å². The Morgan fingerprint density at radius 2 is 1.90 bits per heavy atom. The van der Waals surface area contributed by atoms with E-state index < -0.39 is 23.2 Å². The third kappa shape index (κ3) is 2.33. The predicted molar refractivity (Wildman–Crippen MR) is 68.0 cm³/mol. The van der Waals surface area contributed by atoms with E-state index in [-0.39, 0.29) is 0 Å². The first-order chi connectivity index (χ1) is 9.23. The van der Waals surface area contributed by atoms with Crippen LogP contribution in [0.25, 0.3) is 5.69 Å². The minimum atomic E-state index is -4.65. The summed E-state index contributed by atoms with van der Waals surface area (Å²) in [6.45, 7) is 4.63. The lowest BCUT2D eigenvalue weighted by Crippen LogP contribution is -2.17. The number of aromatic nitrogens is 2. The Morgan fingerprint density at radius 3 is 2.45 bits per heavy atom. The number of hydrogen-bond donors (Lipinski definition) is 0. The first kappa shape index (κ1) is 14.3. The van der Waals surface area contributed by atoms with Gasteiger partial charge in [0.05, 0.1) is 17.4 Å². The first-order valence-electron chi connectivity index (χ1n) is 5.96. The number of alkyl halides is 3. The van der Waals surface area contributed by atoms with Crippen molar-refractivity contribution in [3.05, 3.63) is 46.8 Å². The molecule has 1 heterocycles. The highest BCUT2D eigenvalue weighted by molar-refractivity contribution is 5.95. The van der Waals surface area contributed by atoms with Crippen LogP contribution < -0.4 is 0 Å². The van der Waals surface area contributed by atoms with Gasteiger partial charge in [0.25, 0.3) is 0 Å². The maximum Gasteiger partial charge on any atom is 0.434 e. The van der Waals surface area contributed by atoms with Gasteiger partial charge in [-0.05, 0) is 38.0 Å². The van der Waals surface area contributed by atoms with E-state index in [0.29, 0.717) is 11.3 Å². The molecule has 0 aliphatic heterocycles. The molecule has 20 heavy (non-hydrogen) atoms. The number of hydrogen-bond acceptors (Lipinski definition) is 2. The number of carbonyl (C=O) groups is 1. The summed E-state index contributed by atoms with van der Waals surface area (Å²) < 4.78 is 40.4. The molecule has 0 fully saturated rings. The fourth-order valence-electron chi connectivity index (χ4n) is 2.03. The number of halogens is 3. The van der Waals surface area contributed by atoms with Gasteiger partial charge in [-0.3, -0.25) is 4.79 Å². The molecule has 0 atom stereocenters. The van der Waals surface area contributed by atoms with Gasteiger partial charge in [-0.25, -0.2) is 4.68 Å². The highest BCUT2D eigenvalue weighted by Gasteiger charge is 2.39. The second kappa shape index (κ2) is 4.77. The van der Waals surface area contributed by atoms with Gasteiger partial charge in [0, 0.05) is 0 Å². The summed E-state index contributed by atoms with van der Waals surface area (Å²) >= 11 is 0. The fourth-order valence-corrected chi connectivity index (χ4v) is 2.03. The third-order valence-corrected chi connectivity index (χ3v) is 3.22. The van der Waals surface area contributed by atoms with Crippen LogP contribution in [0.1, 0.15) is 34.1 Å². The normalized spacial score (nSPS) is 11.7. The number of benzene rings is 1. The van der Waals surface area contributed by atoms with E-state index in [0.717, 1.165) is 23.4 Å². The highest BCUT2D eigenvalue weighted by Crippen LogP contribution is 2.34. The number of nitrogens with zero attached hydrogens (tertiary/aromatic N) is 2. The number of ketones is 1. The highest BCUT2D eigenvalue weighted by atomic mass is 19.4.